The minimum Gasteiger partial charge on any atom is -0.479 e. The van der Waals surface area contributed by atoms with E-state index in [1.54, 1.807) is 30.3 Å². The summed E-state index contributed by atoms with van der Waals surface area (Å²) in [6.45, 7) is 10.4. The summed E-state index contributed by atoms with van der Waals surface area (Å²) >= 11 is 0. The molecule has 34 heavy (non-hydrogen) atoms. The van der Waals surface area contributed by atoms with Gasteiger partial charge in [0.05, 0.1) is 0 Å². The molecule has 3 aromatic rings. The van der Waals surface area contributed by atoms with E-state index in [9.17, 15) is 4.79 Å². The maximum atomic E-state index is 10.2. The van der Waals surface area contributed by atoms with Gasteiger partial charge in [-0.15, -0.1) is 6.58 Å². The lowest BCUT2D eigenvalue weighted by molar-refractivity contribution is -0.146. The highest BCUT2D eigenvalue weighted by molar-refractivity contribution is 5.73. The van der Waals surface area contributed by atoms with Crippen molar-refractivity contribution < 1.29 is 19.7 Å². The van der Waals surface area contributed by atoms with E-state index >= 15 is 0 Å². The standard InChI is InChI=1S/C21H27NO.C8H8O3/c1-4-16-22-17-18(3)21(23-5-2,19-12-8-6-9-13-19)20-14-10-7-11-15-20;9-7(8(10)11)6-4-2-1-3-5-6/h4,6-15,18,22H,1,5,16-17H2,2-3H3;1-5,7,9H,(H,10,11). The van der Waals surface area contributed by atoms with Crippen LogP contribution in [0.25, 0.3) is 0 Å². The Morgan fingerprint density at radius 1 is 0.971 bits per heavy atom. The third kappa shape index (κ3) is 7.12. The molecule has 0 heterocycles. The minimum absolute atomic E-state index is 0.271. The highest BCUT2D eigenvalue weighted by Gasteiger charge is 2.40. The Morgan fingerprint density at radius 2 is 1.44 bits per heavy atom. The SMILES string of the molecule is C=CCNCC(C)C(OCC)(c1ccccc1)c1ccccc1.O=C(O)C(O)c1ccccc1. The Kier molecular flexibility index (Phi) is 11.2. The predicted octanol–water partition coefficient (Wildman–Crippen LogP) is 5.18. The molecule has 0 saturated heterocycles. The highest BCUT2D eigenvalue weighted by atomic mass is 16.5. The molecule has 0 fully saturated rings. The zero-order valence-electron chi connectivity index (χ0n) is 19.9. The van der Waals surface area contributed by atoms with Gasteiger partial charge in [-0.1, -0.05) is 104 Å². The molecule has 0 radical (unpaired) electrons. The third-order valence-corrected chi connectivity index (χ3v) is 5.56. The number of hydrogen-bond acceptors (Lipinski definition) is 4. The van der Waals surface area contributed by atoms with Gasteiger partial charge < -0.3 is 20.3 Å². The van der Waals surface area contributed by atoms with Crippen molar-refractivity contribution in [2.24, 2.45) is 5.92 Å². The topological polar surface area (TPSA) is 78.8 Å². The maximum absolute atomic E-state index is 10.2. The molecule has 5 nitrogen and oxygen atoms in total. The lowest BCUT2D eigenvalue weighted by Gasteiger charge is -2.40. The van der Waals surface area contributed by atoms with Crippen molar-refractivity contribution in [2.75, 3.05) is 19.7 Å². The summed E-state index contributed by atoms with van der Waals surface area (Å²) in [6, 6.07) is 29.3. The Bertz CT molecular complexity index is 937. The van der Waals surface area contributed by atoms with Crippen molar-refractivity contribution in [1.82, 2.24) is 5.32 Å². The number of hydrogen-bond donors (Lipinski definition) is 3. The monoisotopic (exact) mass is 461 g/mol. The zero-order valence-corrected chi connectivity index (χ0v) is 19.9. The highest BCUT2D eigenvalue weighted by Crippen LogP contribution is 2.40. The van der Waals surface area contributed by atoms with E-state index < -0.39 is 17.7 Å². The van der Waals surface area contributed by atoms with E-state index in [1.807, 2.05) is 18.2 Å². The van der Waals surface area contributed by atoms with Gasteiger partial charge in [0.2, 0.25) is 0 Å². The van der Waals surface area contributed by atoms with Crippen LogP contribution in [0.15, 0.2) is 104 Å². The van der Waals surface area contributed by atoms with Crippen LogP contribution in [0.2, 0.25) is 0 Å². The van der Waals surface area contributed by atoms with Crippen LogP contribution in [0.4, 0.5) is 0 Å². The van der Waals surface area contributed by atoms with Crippen molar-refractivity contribution in [3.8, 4) is 0 Å². The molecule has 0 aliphatic carbocycles. The number of nitrogens with one attached hydrogen (secondary N) is 1. The summed E-state index contributed by atoms with van der Waals surface area (Å²) in [5, 5.41) is 20.8. The molecular formula is C29H35NO4. The van der Waals surface area contributed by atoms with Crippen molar-refractivity contribution in [1.29, 1.82) is 0 Å². The van der Waals surface area contributed by atoms with Gasteiger partial charge in [-0.2, -0.15) is 0 Å². The fourth-order valence-electron chi connectivity index (χ4n) is 3.97. The molecule has 0 aliphatic heterocycles. The van der Waals surface area contributed by atoms with Gasteiger partial charge in [-0.25, -0.2) is 4.79 Å². The Hall–Kier alpha value is -3.25. The fourth-order valence-corrected chi connectivity index (χ4v) is 3.97. The summed E-state index contributed by atoms with van der Waals surface area (Å²) < 4.78 is 6.43. The van der Waals surface area contributed by atoms with Crippen molar-refractivity contribution in [3.05, 3.63) is 120 Å². The second kappa shape index (κ2) is 14.1. The number of carboxylic acid groups (broad SMARTS) is 1. The maximum Gasteiger partial charge on any atom is 0.337 e. The number of aliphatic hydroxyl groups excluding tert-OH is 1. The van der Waals surface area contributed by atoms with E-state index in [-0.39, 0.29) is 5.92 Å². The third-order valence-electron chi connectivity index (χ3n) is 5.56. The average molecular weight is 462 g/mol. The molecule has 180 valence electrons. The molecule has 0 spiro atoms. The van der Waals surface area contributed by atoms with Gasteiger partial charge in [0.1, 0.15) is 5.60 Å². The van der Waals surface area contributed by atoms with Gasteiger partial charge in [0.15, 0.2) is 6.10 Å². The van der Waals surface area contributed by atoms with Crippen molar-refractivity contribution >= 4 is 5.97 Å². The first-order valence-corrected chi connectivity index (χ1v) is 11.5. The largest absolute Gasteiger partial charge is 0.479 e. The van der Waals surface area contributed by atoms with E-state index in [0.29, 0.717) is 12.2 Å². The lowest BCUT2D eigenvalue weighted by atomic mass is 9.76. The summed E-state index contributed by atoms with van der Waals surface area (Å²) in [6.07, 6.45) is 0.483. The van der Waals surface area contributed by atoms with Crippen LogP contribution < -0.4 is 5.32 Å². The molecule has 0 amide bonds. The van der Waals surface area contributed by atoms with Gasteiger partial charge in [0.25, 0.3) is 0 Å². The predicted molar refractivity (Wildman–Crippen MR) is 137 cm³/mol. The average Bonchev–Trinajstić information content (AvgIpc) is 2.88. The van der Waals surface area contributed by atoms with Crippen LogP contribution in [0.5, 0.6) is 0 Å². The van der Waals surface area contributed by atoms with Gasteiger partial charge in [-0.05, 0) is 23.6 Å². The molecule has 0 aliphatic rings. The quantitative estimate of drug-likeness (QED) is 0.271. The molecule has 2 unspecified atom stereocenters. The van der Waals surface area contributed by atoms with E-state index in [1.165, 1.54) is 11.1 Å². The second-order valence-corrected chi connectivity index (χ2v) is 7.90. The fraction of sp³-hybridized carbons (Fsp3) is 0.276. The van der Waals surface area contributed by atoms with Crippen molar-refractivity contribution in [3.63, 3.8) is 0 Å². The van der Waals surface area contributed by atoms with Crippen molar-refractivity contribution in [2.45, 2.75) is 25.6 Å². The van der Waals surface area contributed by atoms with Gasteiger partial charge in [-0.3, -0.25) is 0 Å². The first-order valence-electron chi connectivity index (χ1n) is 11.5. The molecule has 2 atom stereocenters. The minimum atomic E-state index is -1.41. The van der Waals surface area contributed by atoms with Crippen LogP contribution in [-0.4, -0.2) is 35.9 Å². The van der Waals surface area contributed by atoms with Crippen LogP contribution >= 0.6 is 0 Å². The van der Waals surface area contributed by atoms with Crippen LogP contribution in [0, 0.1) is 5.92 Å². The second-order valence-electron chi connectivity index (χ2n) is 7.90. The number of aliphatic carboxylic acids is 1. The van der Waals surface area contributed by atoms with E-state index in [4.69, 9.17) is 14.9 Å². The molecule has 3 rings (SSSR count). The molecular weight excluding hydrogens is 426 g/mol. The Balaban J connectivity index is 0.000000310. The lowest BCUT2D eigenvalue weighted by Crippen LogP contribution is -2.43. The smallest absolute Gasteiger partial charge is 0.337 e. The number of ether oxygens (including phenoxy) is 1. The molecule has 0 aromatic heterocycles. The first-order chi connectivity index (χ1) is 16.5. The van der Waals surface area contributed by atoms with E-state index in [2.05, 4.69) is 74.3 Å². The summed E-state index contributed by atoms with van der Waals surface area (Å²) in [5.41, 5.74) is 2.34. The molecule has 3 aromatic carbocycles. The summed E-state index contributed by atoms with van der Waals surface area (Å²) in [7, 11) is 0. The zero-order chi connectivity index (χ0) is 24.8. The first kappa shape index (κ1) is 27.0. The van der Waals surface area contributed by atoms with Crippen LogP contribution in [-0.2, 0) is 15.1 Å². The number of rotatable bonds is 11. The van der Waals surface area contributed by atoms with Gasteiger partial charge >= 0.3 is 5.97 Å². The number of benzene rings is 3. The normalized spacial score (nSPS) is 12.7. The molecule has 0 saturated carbocycles. The molecule has 0 bridgehead atoms. The summed E-state index contributed by atoms with van der Waals surface area (Å²) in [5.74, 6) is -0.955. The van der Waals surface area contributed by atoms with Gasteiger partial charge in [0, 0.05) is 25.6 Å². The molecule has 3 N–H and O–H groups in total. The Labute approximate surface area is 202 Å². The number of carboxylic acids is 1. The van der Waals surface area contributed by atoms with Crippen LogP contribution in [0.3, 0.4) is 0 Å². The van der Waals surface area contributed by atoms with Crippen LogP contribution in [0.1, 0.15) is 36.6 Å². The number of carbonyl (C=O) groups is 1. The van der Waals surface area contributed by atoms with E-state index in [0.717, 1.165) is 13.1 Å². The number of aliphatic hydroxyl groups is 1. The summed E-state index contributed by atoms with van der Waals surface area (Å²) in [4.78, 5) is 10.2. The Morgan fingerprint density at radius 3 is 1.85 bits per heavy atom. The molecule has 5 heteroatoms.